The summed E-state index contributed by atoms with van der Waals surface area (Å²) in [7, 11) is 3.83. The molecule has 3 heteroatoms. The molecule has 0 spiro atoms. The van der Waals surface area contributed by atoms with Gasteiger partial charge < -0.3 is 10.1 Å². The first-order chi connectivity index (χ1) is 9.72. The molecule has 3 unspecified atom stereocenters. The lowest BCUT2D eigenvalue weighted by molar-refractivity contribution is 0.0789. The topological polar surface area (TPSA) is 24.5 Å². The van der Waals surface area contributed by atoms with E-state index in [9.17, 15) is 0 Å². The molecule has 2 bridgehead atoms. The van der Waals surface area contributed by atoms with Gasteiger partial charge in [0, 0.05) is 24.2 Å². The number of ether oxygens (including phenoxy) is 1. The molecule has 0 aromatic heterocycles. The lowest BCUT2D eigenvalue weighted by Crippen LogP contribution is -2.49. The number of rotatable bonds is 4. The Labute approximate surface area is 122 Å². The summed E-state index contributed by atoms with van der Waals surface area (Å²) in [5, 5.41) is 3.48. The second-order valence-electron chi connectivity index (χ2n) is 6.24. The van der Waals surface area contributed by atoms with Gasteiger partial charge in [0.1, 0.15) is 5.75 Å². The SMILES string of the molecule is CNC1CC2CCC(C1)N2C(C)c1ccc(OC)cc1. The molecule has 2 saturated heterocycles. The highest BCUT2D eigenvalue weighted by Gasteiger charge is 2.42. The Morgan fingerprint density at radius 2 is 1.75 bits per heavy atom. The lowest BCUT2D eigenvalue weighted by Gasteiger charge is -2.42. The molecular formula is C17H26N2O. The van der Waals surface area contributed by atoms with Crippen molar-refractivity contribution in [2.24, 2.45) is 0 Å². The van der Waals surface area contributed by atoms with Crippen LogP contribution in [0.5, 0.6) is 5.75 Å². The molecule has 0 amide bonds. The van der Waals surface area contributed by atoms with E-state index in [1.54, 1.807) is 7.11 Å². The standard InChI is InChI=1S/C17H26N2O/c1-12(13-4-8-17(20-3)9-5-13)19-15-6-7-16(19)11-14(10-15)18-2/h4-5,8-9,12,14-16,18H,6-7,10-11H2,1-3H3. The molecule has 2 aliphatic heterocycles. The van der Waals surface area contributed by atoms with Crippen LogP contribution < -0.4 is 10.1 Å². The summed E-state index contributed by atoms with van der Waals surface area (Å²) in [4.78, 5) is 2.76. The maximum Gasteiger partial charge on any atom is 0.118 e. The van der Waals surface area contributed by atoms with E-state index < -0.39 is 0 Å². The van der Waals surface area contributed by atoms with Crippen LogP contribution in [0.15, 0.2) is 24.3 Å². The van der Waals surface area contributed by atoms with Crippen LogP contribution in [0.25, 0.3) is 0 Å². The molecule has 1 N–H and O–H groups in total. The molecule has 2 aliphatic rings. The predicted molar refractivity (Wildman–Crippen MR) is 82.1 cm³/mol. The van der Waals surface area contributed by atoms with Crippen molar-refractivity contribution >= 4 is 0 Å². The Kier molecular flexibility index (Phi) is 3.99. The molecule has 1 aromatic rings. The van der Waals surface area contributed by atoms with Gasteiger partial charge in [-0.05, 0) is 57.4 Å². The van der Waals surface area contributed by atoms with Gasteiger partial charge in [-0.3, -0.25) is 4.90 Å². The maximum atomic E-state index is 5.26. The molecule has 3 rings (SSSR count). The smallest absolute Gasteiger partial charge is 0.118 e. The molecule has 3 atom stereocenters. The van der Waals surface area contributed by atoms with E-state index in [1.807, 2.05) is 0 Å². The monoisotopic (exact) mass is 274 g/mol. The highest BCUT2D eigenvalue weighted by molar-refractivity contribution is 5.29. The summed E-state index contributed by atoms with van der Waals surface area (Å²) in [6, 6.07) is 11.3. The fourth-order valence-corrected chi connectivity index (χ4v) is 4.14. The van der Waals surface area contributed by atoms with Crippen molar-refractivity contribution in [1.29, 1.82) is 0 Å². The minimum absolute atomic E-state index is 0.510. The molecular weight excluding hydrogens is 248 g/mol. The minimum atomic E-state index is 0.510. The van der Waals surface area contributed by atoms with Crippen LogP contribution in [0.2, 0.25) is 0 Å². The van der Waals surface area contributed by atoms with Crippen molar-refractivity contribution in [1.82, 2.24) is 10.2 Å². The van der Waals surface area contributed by atoms with Gasteiger partial charge >= 0.3 is 0 Å². The van der Waals surface area contributed by atoms with Gasteiger partial charge in [-0.1, -0.05) is 12.1 Å². The van der Waals surface area contributed by atoms with Crippen LogP contribution in [0.1, 0.15) is 44.2 Å². The van der Waals surface area contributed by atoms with E-state index >= 15 is 0 Å². The summed E-state index contributed by atoms with van der Waals surface area (Å²) in [6.45, 7) is 2.35. The average Bonchev–Trinajstić information content (AvgIpc) is 2.76. The van der Waals surface area contributed by atoms with Gasteiger partial charge in [-0.15, -0.1) is 0 Å². The first-order valence-corrected chi connectivity index (χ1v) is 7.81. The van der Waals surface area contributed by atoms with Crippen LogP contribution in [-0.4, -0.2) is 37.2 Å². The predicted octanol–water partition coefficient (Wildman–Crippen LogP) is 2.97. The van der Waals surface area contributed by atoms with Gasteiger partial charge in [0.05, 0.1) is 7.11 Å². The van der Waals surface area contributed by atoms with Crippen molar-refractivity contribution in [3.8, 4) is 5.75 Å². The van der Waals surface area contributed by atoms with Crippen molar-refractivity contribution in [2.45, 2.75) is 56.8 Å². The maximum absolute atomic E-state index is 5.26. The summed E-state index contributed by atoms with van der Waals surface area (Å²) in [5.41, 5.74) is 1.41. The van der Waals surface area contributed by atoms with Crippen molar-refractivity contribution in [3.63, 3.8) is 0 Å². The molecule has 2 heterocycles. The minimum Gasteiger partial charge on any atom is -0.497 e. The fraction of sp³-hybridized carbons (Fsp3) is 0.647. The molecule has 0 aliphatic carbocycles. The largest absolute Gasteiger partial charge is 0.497 e. The Morgan fingerprint density at radius 3 is 2.25 bits per heavy atom. The lowest BCUT2D eigenvalue weighted by atomic mass is 9.94. The average molecular weight is 274 g/mol. The summed E-state index contributed by atoms with van der Waals surface area (Å²) < 4.78 is 5.26. The number of hydrogen-bond donors (Lipinski definition) is 1. The quantitative estimate of drug-likeness (QED) is 0.913. The number of piperidine rings is 1. The van der Waals surface area contributed by atoms with E-state index in [1.165, 1.54) is 31.2 Å². The van der Waals surface area contributed by atoms with E-state index in [0.29, 0.717) is 12.1 Å². The first-order valence-electron chi connectivity index (χ1n) is 7.81. The number of fused-ring (bicyclic) bond motifs is 2. The molecule has 3 nitrogen and oxygen atoms in total. The van der Waals surface area contributed by atoms with Crippen LogP contribution in [-0.2, 0) is 0 Å². The summed E-state index contributed by atoms with van der Waals surface area (Å²) >= 11 is 0. The Balaban J connectivity index is 1.75. The Bertz CT molecular complexity index is 431. The van der Waals surface area contributed by atoms with Crippen molar-refractivity contribution < 1.29 is 4.74 Å². The third kappa shape index (κ3) is 2.45. The van der Waals surface area contributed by atoms with Crippen molar-refractivity contribution in [3.05, 3.63) is 29.8 Å². The van der Waals surface area contributed by atoms with Crippen LogP contribution in [0.4, 0.5) is 0 Å². The molecule has 0 saturated carbocycles. The van der Waals surface area contributed by atoms with Gasteiger partial charge in [-0.2, -0.15) is 0 Å². The Hall–Kier alpha value is -1.06. The van der Waals surface area contributed by atoms with Gasteiger partial charge in [-0.25, -0.2) is 0 Å². The Morgan fingerprint density at radius 1 is 1.15 bits per heavy atom. The number of nitrogens with one attached hydrogen (secondary N) is 1. The van der Waals surface area contributed by atoms with Gasteiger partial charge in [0.15, 0.2) is 0 Å². The zero-order valence-corrected chi connectivity index (χ0v) is 12.8. The van der Waals surface area contributed by atoms with Gasteiger partial charge in [0.25, 0.3) is 0 Å². The molecule has 0 radical (unpaired) electrons. The van der Waals surface area contributed by atoms with Crippen LogP contribution >= 0.6 is 0 Å². The van der Waals surface area contributed by atoms with E-state index in [0.717, 1.165) is 17.8 Å². The second-order valence-corrected chi connectivity index (χ2v) is 6.24. The van der Waals surface area contributed by atoms with E-state index in [-0.39, 0.29) is 0 Å². The number of nitrogens with zero attached hydrogens (tertiary/aromatic N) is 1. The van der Waals surface area contributed by atoms with Crippen molar-refractivity contribution in [2.75, 3.05) is 14.2 Å². The number of methoxy groups -OCH3 is 1. The van der Waals surface area contributed by atoms with E-state index in [4.69, 9.17) is 4.74 Å². The summed E-state index contributed by atoms with van der Waals surface area (Å²) in [6.07, 6.45) is 5.33. The number of hydrogen-bond acceptors (Lipinski definition) is 3. The molecule has 110 valence electrons. The second kappa shape index (κ2) is 5.74. The fourth-order valence-electron chi connectivity index (χ4n) is 4.14. The normalized spacial score (nSPS) is 31.2. The van der Waals surface area contributed by atoms with Gasteiger partial charge in [0.2, 0.25) is 0 Å². The third-order valence-electron chi connectivity index (χ3n) is 5.24. The molecule has 2 fully saturated rings. The van der Waals surface area contributed by atoms with Crippen LogP contribution in [0.3, 0.4) is 0 Å². The molecule has 1 aromatic carbocycles. The highest BCUT2D eigenvalue weighted by atomic mass is 16.5. The first kappa shape index (κ1) is 13.9. The highest BCUT2D eigenvalue weighted by Crippen LogP contribution is 2.41. The van der Waals surface area contributed by atoms with Crippen LogP contribution in [0, 0.1) is 0 Å². The zero-order chi connectivity index (χ0) is 14.1. The zero-order valence-electron chi connectivity index (χ0n) is 12.8. The molecule has 20 heavy (non-hydrogen) atoms. The van der Waals surface area contributed by atoms with E-state index in [2.05, 4.69) is 48.5 Å². The summed E-state index contributed by atoms with van der Waals surface area (Å²) in [5.74, 6) is 0.942. The third-order valence-corrected chi connectivity index (χ3v) is 5.24. The number of benzene rings is 1.